The first kappa shape index (κ1) is 19.1. The number of rotatable bonds is 4. The molecule has 0 radical (unpaired) electrons. The van der Waals surface area contributed by atoms with Crippen molar-refractivity contribution in [3.05, 3.63) is 77.9 Å². The molecule has 4 heteroatoms. The van der Waals surface area contributed by atoms with Crippen LogP contribution in [0.25, 0.3) is 11.1 Å². The lowest BCUT2D eigenvalue weighted by Gasteiger charge is -2.09. The molecule has 3 rings (SSSR count). The number of anilines is 2. The van der Waals surface area contributed by atoms with Crippen LogP contribution in [0.5, 0.6) is 5.75 Å². The van der Waals surface area contributed by atoms with E-state index in [2.05, 4.69) is 17.2 Å². The topological polar surface area (TPSA) is 64.3 Å². The van der Waals surface area contributed by atoms with E-state index < -0.39 is 0 Å². The number of hydrogen-bond donors (Lipinski definition) is 2. The molecule has 0 fully saturated rings. The predicted octanol–water partition coefficient (Wildman–Crippen LogP) is 4.69. The van der Waals surface area contributed by atoms with E-state index in [1.54, 1.807) is 6.07 Å². The SMILES string of the molecule is CCOc1cc(NC(C)=O)ccc1C#Cc1ccc(-c2ccc(N)cc2)cc1. The van der Waals surface area contributed by atoms with E-state index in [0.717, 1.165) is 27.9 Å². The summed E-state index contributed by atoms with van der Waals surface area (Å²) in [6.07, 6.45) is 0. The van der Waals surface area contributed by atoms with Gasteiger partial charge in [-0.1, -0.05) is 36.1 Å². The van der Waals surface area contributed by atoms with Crippen LogP contribution in [-0.4, -0.2) is 12.5 Å². The van der Waals surface area contributed by atoms with Crippen LogP contribution < -0.4 is 15.8 Å². The van der Waals surface area contributed by atoms with Crippen molar-refractivity contribution in [1.82, 2.24) is 0 Å². The van der Waals surface area contributed by atoms with Gasteiger partial charge in [-0.25, -0.2) is 0 Å². The molecule has 4 nitrogen and oxygen atoms in total. The van der Waals surface area contributed by atoms with Gasteiger partial charge in [0.05, 0.1) is 12.2 Å². The van der Waals surface area contributed by atoms with Gasteiger partial charge >= 0.3 is 0 Å². The quantitative estimate of drug-likeness (QED) is 0.517. The number of nitrogen functional groups attached to an aromatic ring is 1. The van der Waals surface area contributed by atoms with Crippen LogP contribution in [0, 0.1) is 11.8 Å². The number of nitrogens with two attached hydrogens (primary N) is 1. The molecule has 140 valence electrons. The van der Waals surface area contributed by atoms with E-state index in [1.165, 1.54) is 6.92 Å². The molecule has 0 saturated heterocycles. The van der Waals surface area contributed by atoms with E-state index in [4.69, 9.17) is 10.5 Å². The Balaban J connectivity index is 1.82. The second-order valence-corrected chi connectivity index (χ2v) is 6.27. The molecule has 3 aromatic rings. The highest BCUT2D eigenvalue weighted by molar-refractivity contribution is 5.89. The summed E-state index contributed by atoms with van der Waals surface area (Å²) in [7, 11) is 0. The van der Waals surface area contributed by atoms with Gasteiger partial charge in [0.1, 0.15) is 5.75 Å². The summed E-state index contributed by atoms with van der Waals surface area (Å²) in [5, 5.41) is 2.75. The maximum absolute atomic E-state index is 11.2. The van der Waals surface area contributed by atoms with Crippen LogP contribution in [0.1, 0.15) is 25.0 Å². The Bertz CT molecular complexity index is 1030. The molecular formula is C24H22N2O2. The van der Waals surface area contributed by atoms with Crippen molar-refractivity contribution < 1.29 is 9.53 Å². The molecule has 0 spiro atoms. The first-order valence-corrected chi connectivity index (χ1v) is 9.07. The van der Waals surface area contributed by atoms with Gasteiger partial charge in [-0.05, 0) is 54.4 Å². The number of benzene rings is 3. The van der Waals surface area contributed by atoms with Gasteiger partial charge in [-0.2, -0.15) is 0 Å². The molecule has 3 N–H and O–H groups in total. The van der Waals surface area contributed by atoms with Gasteiger partial charge in [-0.3, -0.25) is 4.79 Å². The summed E-state index contributed by atoms with van der Waals surface area (Å²) in [6.45, 7) is 3.91. The summed E-state index contributed by atoms with van der Waals surface area (Å²) >= 11 is 0. The van der Waals surface area contributed by atoms with Crippen molar-refractivity contribution in [2.24, 2.45) is 0 Å². The summed E-state index contributed by atoms with van der Waals surface area (Å²) in [4.78, 5) is 11.2. The fourth-order valence-electron chi connectivity index (χ4n) is 2.74. The fourth-order valence-corrected chi connectivity index (χ4v) is 2.74. The van der Waals surface area contributed by atoms with Crippen LogP contribution >= 0.6 is 0 Å². The maximum atomic E-state index is 11.2. The Morgan fingerprint density at radius 1 is 0.964 bits per heavy atom. The molecule has 0 aliphatic carbocycles. The Morgan fingerprint density at radius 3 is 2.21 bits per heavy atom. The van der Waals surface area contributed by atoms with Gasteiger partial charge in [0.15, 0.2) is 0 Å². The molecule has 0 aliphatic heterocycles. The van der Waals surface area contributed by atoms with Gasteiger partial charge in [0.2, 0.25) is 5.91 Å². The lowest BCUT2D eigenvalue weighted by molar-refractivity contribution is -0.114. The number of hydrogen-bond acceptors (Lipinski definition) is 3. The molecule has 0 saturated carbocycles. The standard InChI is InChI=1S/C24H22N2O2/c1-3-28-24-16-23(26-17(2)27)15-12-21(24)9-6-18-4-7-19(8-5-18)20-10-13-22(25)14-11-20/h4-5,7-8,10-16H,3,25H2,1-2H3,(H,26,27). The van der Waals surface area contributed by atoms with E-state index >= 15 is 0 Å². The average molecular weight is 370 g/mol. The molecule has 0 aromatic heterocycles. The minimum atomic E-state index is -0.123. The van der Waals surface area contributed by atoms with E-state index in [-0.39, 0.29) is 5.91 Å². The molecule has 0 unspecified atom stereocenters. The normalized spacial score (nSPS) is 9.93. The van der Waals surface area contributed by atoms with Crippen LogP contribution in [0.2, 0.25) is 0 Å². The largest absolute Gasteiger partial charge is 0.492 e. The summed E-state index contributed by atoms with van der Waals surface area (Å²) < 4.78 is 5.67. The molecule has 1 amide bonds. The zero-order valence-electron chi connectivity index (χ0n) is 16.0. The van der Waals surface area contributed by atoms with Crippen LogP contribution in [0.4, 0.5) is 11.4 Å². The van der Waals surface area contributed by atoms with Crippen molar-refractivity contribution in [1.29, 1.82) is 0 Å². The molecule has 0 bridgehead atoms. The Morgan fingerprint density at radius 2 is 1.61 bits per heavy atom. The highest BCUT2D eigenvalue weighted by atomic mass is 16.5. The Kier molecular flexibility index (Phi) is 5.98. The third kappa shape index (κ3) is 4.93. The minimum absolute atomic E-state index is 0.123. The lowest BCUT2D eigenvalue weighted by Crippen LogP contribution is -2.06. The van der Waals surface area contributed by atoms with Gasteiger partial charge in [-0.15, -0.1) is 0 Å². The van der Waals surface area contributed by atoms with Crippen molar-refractivity contribution in [2.45, 2.75) is 13.8 Å². The van der Waals surface area contributed by atoms with Gasteiger partial charge in [0.25, 0.3) is 0 Å². The van der Waals surface area contributed by atoms with Crippen molar-refractivity contribution >= 4 is 17.3 Å². The van der Waals surface area contributed by atoms with E-state index in [9.17, 15) is 4.79 Å². The fraction of sp³-hybridized carbons (Fsp3) is 0.125. The second-order valence-electron chi connectivity index (χ2n) is 6.27. The minimum Gasteiger partial charge on any atom is -0.492 e. The van der Waals surface area contributed by atoms with E-state index in [0.29, 0.717) is 18.0 Å². The van der Waals surface area contributed by atoms with Crippen LogP contribution in [0.15, 0.2) is 66.7 Å². The lowest BCUT2D eigenvalue weighted by atomic mass is 10.0. The zero-order chi connectivity index (χ0) is 19.9. The summed E-state index contributed by atoms with van der Waals surface area (Å²) in [5.74, 6) is 6.86. The monoisotopic (exact) mass is 370 g/mol. The van der Waals surface area contributed by atoms with Crippen LogP contribution in [-0.2, 0) is 4.79 Å². The highest BCUT2D eigenvalue weighted by Gasteiger charge is 2.04. The Hall–Kier alpha value is -3.71. The van der Waals surface area contributed by atoms with Gasteiger partial charge < -0.3 is 15.8 Å². The number of amides is 1. The van der Waals surface area contributed by atoms with Crippen molar-refractivity contribution in [2.75, 3.05) is 17.7 Å². The summed E-state index contributed by atoms with van der Waals surface area (Å²) in [6, 6.07) is 21.3. The molecule has 0 aliphatic rings. The Labute approximate surface area is 165 Å². The maximum Gasteiger partial charge on any atom is 0.221 e. The van der Waals surface area contributed by atoms with Crippen molar-refractivity contribution in [3.63, 3.8) is 0 Å². The molecule has 3 aromatic carbocycles. The van der Waals surface area contributed by atoms with Crippen molar-refractivity contribution in [3.8, 4) is 28.7 Å². The smallest absolute Gasteiger partial charge is 0.221 e. The van der Waals surface area contributed by atoms with E-state index in [1.807, 2.05) is 67.6 Å². The zero-order valence-corrected chi connectivity index (χ0v) is 16.0. The number of nitrogens with one attached hydrogen (secondary N) is 1. The average Bonchev–Trinajstić information content (AvgIpc) is 2.68. The predicted molar refractivity (Wildman–Crippen MR) is 114 cm³/mol. The second kappa shape index (κ2) is 8.79. The number of carbonyl (C=O) groups excluding carboxylic acids is 1. The molecular weight excluding hydrogens is 348 g/mol. The van der Waals surface area contributed by atoms with Crippen LogP contribution in [0.3, 0.4) is 0 Å². The first-order valence-electron chi connectivity index (χ1n) is 9.07. The third-order valence-corrected chi connectivity index (χ3v) is 4.07. The molecule has 0 atom stereocenters. The number of carbonyl (C=O) groups is 1. The molecule has 28 heavy (non-hydrogen) atoms. The first-order chi connectivity index (χ1) is 13.5. The summed E-state index contributed by atoms with van der Waals surface area (Å²) in [5.41, 5.74) is 11.1. The molecule has 0 heterocycles. The van der Waals surface area contributed by atoms with Gasteiger partial charge in [0, 0.05) is 29.9 Å². The highest BCUT2D eigenvalue weighted by Crippen LogP contribution is 2.24. The number of ether oxygens (including phenoxy) is 1. The third-order valence-electron chi connectivity index (χ3n) is 4.07.